The van der Waals surface area contributed by atoms with Crippen molar-refractivity contribution in [3.63, 3.8) is 0 Å². The third-order valence-corrected chi connectivity index (χ3v) is 6.31. The molecule has 1 aromatic heterocycles. The van der Waals surface area contributed by atoms with E-state index in [9.17, 15) is 9.59 Å². The van der Waals surface area contributed by atoms with Gasteiger partial charge in [0.2, 0.25) is 16.9 Å². The summed E-state index contributed by atoms with van der Waals surface area (Å²) in [6.07, 6.45) is 0.128. The predicted molar refractivity (Wildman–Crippen MR) is 121 cm³/mol. The van der Waals surface area contributed by atoms with Gasteiger partial charge in [-0.25, -0.2) is 0 Å². The van der Waals surface area contributed by atoms with E-state index in [0.717, 1.165) is 5.56 Å². The SMILES string of the molecule is Cc1ccc(N2CC(C(=O)Nc3nnc(COc4ccc(Cl)cc4)s3)CC2=O)cc1Cl. The Morgan fingerprint density at radius 2 is 2.00 bits per heavy atom. The highest BCUT2D eigenvalue weighted by molar-refractivity contribution is 7.15. The highest BCUT2D eigenvalue weighted by Gasteiger charge is 2.35. The van der Waals surface area contributed by atoms with Crippen molar-refractivity contribution in [2.24, 2.45) is 5.92 Å². The van der Waals surface area contributed by atoms with Gasteiger partial charge in [0.1, 0.15) is 12.4 Å². The van der Waals surface area contributed by atoms with Crippen LogP contribution < -0.4 is 15.0 Å². The van der Waals surface area contributed by atoms with E-state index in [1.165, 1.54) is 11.3 Å². The van der Waals surface area contributed by atoms with Crippen LogP contribution in [0.4, 0.5) is 10.8 Å². The van der Waals surface area contributed by atoms with Crippen LogP contribution >= 0.6 is 34.5 Å². The van der Waals surface area contributed by atoms with E-state index < -0.39 is 5.92 Å². The highest BCUT2D eigenvalue weighted by atomic mass is 35.5. The molecule has 3 aromatic rings. The molecule has 31 heavy (non-hydrogen) atoms. The van der Waals surface area contributed by atoms with E-state index >= 15 is 0 Å². The number of benzene rings is 2. The Labute approximate surface area is 192 Å². The number of carbonyl (C=O) groups excluding carboxylic acids is 2. The van der Waals surface area contributed by atoms with Crippen molar-refractivity contribution >= 4 is 57.2 Å². The molecule has 0 radical (unpaired) electrons. The monoisotopic (exact) mass is 476 g/mol. The summed E-state index contributed by atoms with van der Waals surface area (Å²) in [4.78, 5) is 26.7. The number of nitrogens with one attached hydrogen (secondary N) is 1. The van der Waals surface area contributed by atoms with E-state index in [4.69, 9.17) is 27.9 Å². The number of aromatic nitrogens is 2. The molecule has 1 aliphatic rings. The smallest absolute Gasteiger partial charge is 0.231 e. The topological polar surface area (TPSA) is 84.4 Å². The van der Waals surface area contributed by atoms with E-state index in [2.05, 4.69) is 15.5 Å². The molecule has 1 fully saturated rings. The Kier molecular flexibility index (Phi) is 6.41. The zero-order valence-corrected chi connectivity index (χ0v) is 18.8. The molecule has 10 heteroatoms. The maximum absolute atomic E-state index is 12.7. The third kappa shape index (κ3) is 5.15. The van der Waals surface area contributed by atoms with Gasteiger partial charge in [0.05, 0.1) is 5.92 Å². The molecule has 2 amide bonds. The first-order chi connectivity index (χ1) is 14.9. The molecule has 1 atom stereocenters. The maximum Gasteiger partial charge on any atom is 0.231 e. The van der Waals surface area contributed by atoms with E-state index in [1.807, 2.05) is 19.1 Å². The lowest BCUT2D eigenvalue weighted by Crippen LogP contribution is -2.28. The van der Waals surface area contributed by atoms with Crippen molar-refractivity contribution in [1.29, 1.82) is 0 Å². The van der Waals surface area contributed by atoms with Crippen LogP contribution in [0.15, 0.2) is 42.5 Å². The summed E-state index contributed by atoms with van der Waals surface area (Å²) in [6, 6.07) is 12.4. The fourth-order valence-corrected chi connectivity index (χ4v) is 4.08. The molecule has 0 bridgehead atoms. The Balaban J connectivity index is 1.34. The molecular weight excluding hydrogens is 459 g/mol. The molecule has 7 nitrogen and oxygen atoms in total. The number of amides is 2. The highest BCUT2D eigenvalue weighted by Crippen LogP contribution is 2.29. The zero-order valence-electron chi connectivity index (χ0n) is 16.5. The first-order valence-corrected chi connectivity index (χ1v) is 11.0. The van der Waals surface area contributed by atoms with Crippen LogP contribution in [0.3, 0.4) is 0 Å². The van der Waals surface area contributed by atoms with Gasteiger partial charge in [0.15, 0.2) is 5.01 Å². The summed E-state index contributed by atoms with van der Waals surface area (Å²) in [5, 5.41) is 13.0. The summed E-state index contributed by atoms with van der Waals surface area (Å²) >= 11 is 13.3. The van der Waals surface area contributed by atoms with Crippen LogP contribution in [0.2, 0.25) is 10.0 Å². The van der Waals surface area contributed by atoms with Gasteiger partial charge >= 0.3 is 0 Å². The van der Waals surface area contributed by atoms with Crippen molar-refractivity contribution in [3.8, 4) is 5.75 Å². The van der Waals surface area contributed by atoms with Crippen LogP contribution in [0.25, 0.3) is 0 Å². The van der Waals surface area contributed by atoms with Gasteiger partial charge in [-0.3, -0.25) is 9.59 Å². The van der Waals surface area contributed by atoms with Crippen molar-refractivity contribution < 1.29 is 14.3 Å². The second-order valence-electron chi connectivity index (χ2n) is 7.07. The minimum absolute atomic E-state index is 0.116. The summed E-state index contributed by atoms with van der Waals surface area (Å²) in [7, 11) is 0. The number of nitrogens with zero attached hydrogens (tertiary/aromatic N) is 3. The number of ether oxygens (including phenoxy) is 1. The average Bonchev–Trinajstić information content (AvgIpc) is 3.36. The molecule has 1 N–H and O–H groups in total. The summed E-state index contributed by atoms with van der Waals surface area (Å²) in [5.74, 6) is -0.207. The largest absolute Gasteiger partial charge is 0.486 e. The number of aryl methyl sites for hydroxylation is 1. The van der Waals surface area contributed by atoms with Crippen molar-refractivity contribution in [2.45, 2.75) is 20.0 Å². The average molecular weight is 477 g/mol. The molecule has 2 heterocycles. The van der Waals surface area contributed by atoms with E-state index in [0.29, 0.717) is 31.6 Å². The maximum atomic E-state index is 12.7. The van der Waals surface area contributed by atoms with Crippen molar-refractivity contribution in [1.82, 2.24) is 10.2 Å². The first-order valence-electron chi connectivity index (χ1n) is 9.47. The lowest BCUT2D eigenvalue weighted by Gasteiger charge is -2.17. The second kappa shape index (κ2) is 9.21. The second-order valence-corrected chi connectivity index (χ2v) is 8.98. The molecule has 0 spiro atoms. The number of carbonyl (C=O) groups is 2. The Morgan fingerprint density at radius 3 is 2.74 bits per heavy atom. The molecule has 1 aliphatic heterocycles. The summed E-state index contributed by atoms with van der Waals surface area (Å²) < 4.78 is 5.63. The van der Waals surface area contributed by atoms with Gasteiger partial charge < -0.3 is 15.0 Å². The molecule has 2 aromatic carbocycles. The van der Waals surface area contributed by atoms with Gasteiger partial charge in [0, 0.05) is 28.7 Å². The van der Waals surface area contributed by atoms with Crippen molar-refractivity contribution in [3.05, 3.63) is 63.1 Å². The fraction of sp³-hybridized carbons (Fsp3) is 0.238. The standard InChI is InChI=1S/C21H18Cl2N4O3S/c1-12-2-5-15(9-17(12)23)27-10-13(8-19(27)28)20(29)24-21-26-25-18(31-21)11-30-16-6-3-14(22)4-7-16/h2-7,9,13H,8,10-11H2,1H3,(H,24,26,29). The molecule has 4 rings (SSSR count). The van der Waals surface area contributed by atoms with Gasteiger partial charge in [0.25, 0.3) is 0 Å². The number of hydrogen-bond donors (Lipinski definition) is 1. The number of anilines is 2. The first kappa shape index (κ1) is 21.5. The van der Waals surface area contributed by atoms with Crippen molar-refractivity contribution in [2.75, 3.05) is 16.8 Å². The zero-order chi connectivity index (χ0) is 22.0. The number of halogens is 2. The summed E-state index contributed by atoms with van der Waals surface area (Å²) in [6.45, 7) is 2.40. The minimum Gasteiger partial charge on any atom is -0.486 e. The lowest BCUT2D eigenvalue weighted by atomic mass is 10.1. The number of hydrogen-bond acceptors (Lipinski definition) is 6. The van der Waals surface area contributed by atoms with Gasteiger partial charge in [-0.2, -0.15) is 0 Å². The fourth-order valence-electron chi connectivity index (χ4n) is 3.13. The summed E-state index contributed by atoms with van der Waals surface area (Å²) in [5.41, 5.74) is 1.62. The predicted octanol–water partition coefficient (Wildman–Crippen LogP) is 4.72. The molecule has 0 aliphatic carbocycles. The Bertz CT molecular complexity index is 1120. The Morgan fingerprint density at radius 1 is 1.23 bits per heavy atom. The molecule has 1 unspecified atom stereocenters. The van der Waals surface area contributed by atoms with Crippen LogP contribution in [-0.4, -0.2) is 28.6 Å². The molecule has 160 valence electrons. The quantitative estimate of drug-likeness (QED) is 0.555. The van der Waals surface area contributed by atoms with E-state index in [-0.39, 0.29) is 31.4 Å². The molecule has 0 saturated carbocycles. The third-order valence-electron chi connectivity index (χ3n) is 4.84. The van der Waals surface area contributed by atoms with Crippen LogP contribution in [0.1, 0.15) is 17.0 Å². The lowest BCUT2D eigenvalue weighted by molar-refractivity contribution is -0.122. The van der Waals surface area contributed by atoms with Gasteiger partial charge in [-0.05, 0) is 48.9 Å². The van der Waals surface area contributed by atoms with E-state index in [1.54, 1.807) is 35.2 Å². The number of rotatable bonds is 6. The molecule has 1 saturated heterocycles. The van der Waals surface area contributed by atoms with Gasteiger partial charge in [-0.1, -0.05) is 40.6 Å². The Hall–Kier alpha value is -2.68. The molecular formula is C21H18Cl2N4O3S. The van der Waals surface area contributed by atoms with Crippen LogP contribution in [0.5, 0.6) is 5.75 Å². The van der Waals surface area contributed by atoms with Crippen LogP contribution in [-0.2, 0) is 16.2 Å². The normalized spacial score (nSPS) is 15.9. The van der Waals surface area contributed by atoms with Gasteiger partial charge in [-0.15, -0.1) is 10.2 Å². The minimum atomic E-state index is -0.481. The van der Waals surface area contributed by atoms with Crippen LogP contribution in [0, 0.1) is 12.8 Å².